The maximum absolute atomic E-state index is 13.5. The number of amides is 2. The summed E-state index contributed by atoms with van der Waals surface area (Å²) in [7, 11) is -3.47. The summed E-state index contributed by atoms with van der Waals surface area (Å²) in [5.74, 6) is 0.319. The van der Waals surface area contributed by atoms with Gasteiger partial charge in [-0.25, -0.2) is 8.42 Å². The first-order valence-electron chi connectivity index (χ1n) is 10.8. The molecule has 0 aliphatic carbocycles. The summed E-state index contributed by atoms with van der Waals surface area (Å²) < 4.78 is 33.2. The van der Waals surface area contributed by atoms with Gasteiger partial charge in [0.2, 0.25) is 0 Å². The number of piperidine rings is 1. The number of carbonyl (C=O) groups is 2. The molecule has 1 atom stereocenters. The Balaban J connectivity index is 1.42. The number of hydrogen-bond donors (Lipinski definition) is 0. The van der Waals surface area contributed by atoms with Crippen LogP contribution in [0.3, 0.4) is 0 Å². The zero-order valence-electron chi connectivity index (χ0n) is 17.5. The minimum Gasteiger partial charge on any atom is -0.476 e. The average molecular weight is 457 g/mol. The molecular formula is C22H24N4O5S. The van der Waals surface area contributed by atoms with E-state index in [1.807, 2.05) is 17.0 Å². The van der Waals surface area contributed by atoms with Crippen molar-refractivity contribution in [3.8, 4) is 5.75 Å². The van der Waals surface area contributed by atoms with E-state index < -0.39 is 16.1 Å². The van der Waals surface area contributed by atoms with Crippen molar-refractivity contribution in [2.24, 2.45) is 4.40 Å². The summed E-state index contributed by atoms with van der Waals surface area (Å²) in [6.45, 7) is 1.77. The summed E-state index contributed by atoms with van der Waals surface area (Å²) >= 11 is 0. The maximum Gasteiger partial charge on any atom is 0.265 e. The first kappa shape index (κ1) is 20.7. The van der Waals surface area contributed by atoms with Crippen LogP contribution in [0.15, 0.2) is 52.6 Å². The van der Waals surface area contributed by atoms with Crippen molar-refractivity contribution in [1.29, 1.82) is 0 Å². The number of benzene rings is 1. The molecule has 10 heteroatoms. The molecule has 9 nitrogen and oxygen atoms in total. The quantitative estimate of drug-likeness (QED) is 0.665. The van der Waals surface area contributed by atoms with Crippen molar-refractivity contribution in [1.82, 2.24) is 9.80 Å². The second-order valence-electron chi connectivity index (χ2n) is 8.22. The second kappa shape index (κ2) is 8.09. The van der Waals surface area contributed by atoms with E-state index in [2.05, 4.69) is 4.40 Å². The molecular weight excluding hydrogens is 432 g/mol. The first-order valence-corrected chi connectivity index (χ1v) is 12.4. The molecule has 5 rings (SSSR count). The molecule has 32 heavy (non-hydrogen) atoms. The van der Waals surface area contributed by atoms with Crippen molar-refractivity contribution >= 4 is 33.4 Å². The van der Waals surface area contributed by atoms with E-state index in [-0.39, 0.29) is 30.7 Å². The number of anilines is 1. The number of rotatable bonds is 2. The summed E-state index contributed by atoms with van der Waals surface area (Å²) in [5.41, 5.74) is 0.999. The average Bonchev–Trinajstić information content (AvgIpc) is 2.82. The standard InChI is InChI=1S/C22H24N4O5S/c27-21(16-8-9-20-23-32(29,30)13-12-25(20)14-16)26-15-19(22(28)24-10-4-1-5-11-24)31-18-7-3-2-6-17(18)26/h2-3,6-9,14,19H,1,4-5,10-13,15H2. The molecule has 1 saturated heterocycles. The van der Waals surface area contributed by atoms with Gasteiger partial charge in [0.05, 0.1) is 23.6 Å². The summed E-state index contributed by atoms with van der Waals surface area (Å²) in [5, 5.41) is 0. The van der Waals surface area contributed by atoms with Gasteiger partial charge in [-0.15, -0.1) is 4.40 Å². The molecule has 0 spiro atoms. The molecule has 2 amide bonds. The maximum atomic E-state index is 13.5. The van der Waals surface area contributed by atoms with Crippen LogP contribution in [-0.4, -0.2) is 73.9 Å². The molecule has 168 valence electrons. The Labute approximate surface area is 186 Å². The number of sulfonamides is 1. The molecule has 0 saturated carbocycles. The van der Waals surface area contributed by atoms with Gasteiger partial charge in [-0.3, -0.25) is 9.59 Å². The van der Waals surface area contributed by atoms with Gasteiger partial charge < -0.3 is 19.4 Å². The van der Waals surface area contributed by atoms with Crippen molar-refractivity contribution in [3.05, 3.63) is 48.2 Å². The van der Waals surface area contributed by atoms with Gasteiger partial charge in [0, 0.05) is 25.8 Å². The van der Waals surface area contributed by atoms with E-state index in [0.29, 0.717) is 35.9 Å². The lowest BCUT2D eigenvalue weighted by Crippen LogP contribution is -2.53. The van der Waals surface area contributed by atoms with Crippen LogP contribution in [0.25, 0.3) is 0 Å². The van der Waals surface area contributed by atoms with E-state index in [1.54, 1.807) is 34.2 Å². The molecule has 4 aliphatic rings. The van der Waals surface area contributed by atoms with Gasteiger partial charge in [-0.05, 0) is 43.5 Å². The van der Waals surface area contributed by atoms with Crippen LogP contribution >= 0.6 is 0 Å². The van der Waals surface area contributed by atoms with Crippen molar-refractivity contribution in [2.75, 3.05) is 36.8 Å². The Morgan fingerprint density at radius 2 is 1.81 bits per heavy atom. The summed E-state index contributed by atoms with van der Waals surface area (Å²) in [6.07, 6.45) is 7.03. The molecule has 0 radical (unpaired) electrons. The Morgan fingerprint density at radius 1 is 1.03 bits per heavy atom. The highest BCUT2D eigenvalue weighted by Gasteiger charge is 2.37. The Kier molecular flexibility index (Phi) is 5.24. The van der Waals surface area contributed by atoms with Gasteiger partial charge in [0.1, 0.15) is 11.6 Å². The van der Waals surface area contributed by atoms with Gasteiger partial charge in [0.15, 0.2) is 6.10 Å². The van der Waals surface area contributed by atoms with Gasteiger partial charge in [-0.2, -0.15) is 0 Å². The monoisotopic (exact) mass is 456 g/mol. The highest BCUT2D eigenvalue weighted by atomic mass is 32.2. The Bertz CT molecular complexity index is 1150. The largest absolute Gasteiger partial charge is 0.476 e. The first-order chi connectivity index (χ1) is 15.4. The van der Waals surface area contributed by atoms with Crippen molar-refractivity contribution < 1.29 is 22.7 Å². The van der Waals surface area contributed by atoms with Crippen LogP contribution in [0, 0.1) is 0 Å². The normalized spacial score (nSPS) is 24.0. The number of nitrogens with zero attached hydrogens (tertiary/aromatic N) is 4. The Hall–Kier alpha value is -3.14. The van der Waals surface area contributed by atoms with E-state index in [1.165, 1.54) is 6.08 Å². The van der Waals surface area contributed by atoms with Crippen molar-refractivity contribution in [2.45, 2.75) is 25.4 Å². The number of carbonyl (C=O) groups excluding carboxylic acids is 2. The molecule has 0 bridgehead atoms. The zero-order valence-corrected chi connectivity index (χ0v) is 18.3. The van der Waals surface area contributed by atoms with E-state index >= 15 is 0 Å². The smallest absolute Gasteiger partial charge is 0.265 e. The van der Waals surface area contributed by atoms with Crippen LogP contribution in [-0.2, 0) is 19.6 Å². The fourth-order valence-corrected chi connectivity index (χ4v) is 5.33. The number of likely N-dealkylation sites (tertiary alicyclic amines) is 1. The van der Waals surface area contributed by atoms with Gasteiger partial charge in [-0.1, -0.05) is 12.1 Å². The number of hydrogen-bond acceptors (Lipinski definition) is 6. The number of fused-ring (bicyclic) bond motifs is 2. The highest BCUT2D eigenvalue weighted by molar-refractivity contribution is 7.90. The Morgan fingerprint density at radius 3 is 2.62 bits per heavy atom. The molecule has 1 aromatic carbocycles. The fraction of sp³-hybridized carbons (Fsp3) is 0.409. The van der Waals surface area contributed by atoms with Gasteiger partial charge >= 0.3 is 0 Å². The van der Waals surface area contributed by atoms with Crippen LogP contribution in [0.5, 0.6) is 5.75 Å². The number of para-hydroxylation sites is 2. The molecule has 1 unspecified atom stereocenters. The van der Waals surface area contributed by atoms with E-state index in [4.69, 9.17) is 4.74 Å². The van der Waals surface area contributed by atoms with Crippen LogP contribution in [0.2, 0.25) is 0 Å². The SMILES string of the molecule is O=C(C1CN(C(=O)C2=CN3CCS(=O)(=O)N=C3C=C2)c2ccccc2O1)N1CCCCC1. The summed E-state index contributed by atoms with van der Waals surface area (Å²) in [4.78, 5) is 31.7. The number of ether oxygens (including phenoxy) is 1. The lowest BCUT2D eigenvalue weighted by atomic mass is 10.1. The third-order valence-corrected chi connectivity index (χ3v) is 7.20. The predicted molar refractivity (Wildman–Crippen MR) is 119 cm³/mol. The molecule has 4 aliphatic heterocycles. The number of amidine groups is 1. The summed E-state index contributed by atoms with van der Waals surface area (Å²) in [6, 6.07) is 7.19. The van der Waals surface area contributed by atoms with Crippen LogP contribution in [0.4, 0.5) is 5.69 Å². The zero-order chi connectivity index (χ0) is 22.3. The minimum atomic E-state index is -3.47. The molecule has 0 aromatic heterocycles. The second-order valence-corrected chi connectivity index (χ2v) is 9.98. The molecule has 1 aromatic rings. The molecule has 1 fully saturated rings. The van der Waals surface area contributed by atoms with Gasteiger partial charge in [0.25, 0.3) is 21.8 Å². The minimum absolute atomic E-state index is 0.0965. The molecule has 0 N–H and O–H groups in total. The fourth-order valence-electron chi connectivity index (χ4n) is 4.36. The third-order valence-electron chi connectivity index (χ3n) is 6.03. The van der Waals surface area contributed by atoms with E-state index in [9.17, 15) is 18.0 Å². The lowest BCUT2D eigenvalue weighted by Gasteiger charge is -2.38. The molecule has 4 heterocycles. The third kappa shape index (κ3) is 3.90. The van der Waals surface area contributed by atoms with Crippen LogP contribution < -0.4 is 9.64 Å². The van der Waals surface area contributed by atoms with Crippen LogP contribution in [0.1, 0.15) is 19.3 Å². The highest BCUT2D eigenvalue weighted by Crippen LogP contribution is 2.35. The predicted octanol–water partition coefficient (Wildman–Crippen LogP) is 1.29. The van der Waals surface area contributed by atoms with E-state index in [0.717, 1.165) is 19.3 Å². The lowest BCUT2D eigenvalue weighted by molar-refractivity contribution is -0.139. The van der Waals surface area contributed by atoms with Crippen molar-refractivity contribution in [3.63, 3.8) is 0 Å². The topological polar surface area (TPSA) is 99.6 Å².